The van der Waals surface area contributed by atoms with Crippen molar-refractivity contribution in [3.05, 3.63) is 29.8 Å². The molecule has 20 heavy (non-hydrogen) atoms. The predicted octanol–water partition coefficient (Wildman–Crippen LogP) is 1.62. The summed E-state index contributed by atoms with van der Waals surface area (Å²) in [5, 5.41) is 5.74. The highest BCUT2D eigenvalue weighted by atomic mass is 35.5. The van der Waals surface area contributed by atoms with E-state index in [1.807, 2.05) is 11.8 Å². The maximum Gasteiger partial charge on any atom is 0.238 e. The van der Waals surface area contributed by atoms with Gasteiger partial charge in [0.05, 0.1) is 6.54 Å². The summed E-state index contributed by atoms with van der Waals surface area (Å²) in [5.74, 6) is -1.67. The molecule has 7 heteroatoms. The van der Waals surface area contributed by atoms with E-state index in [1.165, 1.54) is 0 Å². The molecule has 1 amide bonds. The molecule has 1 heterocycles. The summed E-state index contributed by atoms with van der Waals surface area (Å²) < 4.78 is 26.0. The molecule has 0 spiro atoms. The monoisotopic (exact) mass is 305 g/mol. The van der Waals surface area contributed by atoms with Crippen LogP contribution in [0.3, 0.4) is 0 Å². The summed E-state index contributed by atoms with van der Waals surface area (Å²) in [4.78, 5) is 13.9. The number of hydrogen-bond donors (Lipinski definition) is 2. The summed E-state index contributed by atoms with van der Waals surface area (Å²) in [5.41, 5.74) is 0.144. The third-order valence-electron chi connectivity index (χ3n) is 3.13. The van der Waals surface area contributed by atoms with Crippen molar-refractivity contribution in [3.63, 3.8) is 0 Å². The molecular formula is C13H18ClF2N3O. The van der Waals surface area contributed by atoms with Crippen LogP contribution in [0, 0.1) is 11.6 Å². The lowest BCUT2D eigenvalue weighted by molar-refractivity contribution is -0.118. The van der Waals surface area contributed by atoms with Crippen LogP contribution in [0.5, 0.6) is 0 Å². The third-order valence-corrected chi connectivity index (χ3v) is 3.13. The zero-order valence-corrected chi connectivity index (χ0v) is 12.0. The van der Waals surface area contributed by atoms with Crippen molar-refractivity contribution in [2.45, 2.75) is 13.0 Å². The Morgan fingerprint density at radius 1 is 1.40 bits per heavy atom. The van der Waals surface area contributed by atoms with Crippen LogP contribution in [0.1, 0.15) is 6.92 Å². The first kappa shape index (κ1) is 16.8. The lowest BCUT2D eigenvalue weighted by Crippen LogP contribution is -2.51. The van der Waals surface area contributed by atoms with Crippen LogP contribution in [0.2, 0.25) is 0 Å². The molecule has 2 N–H and O–H groups in total. The number of nitrogens with one attached hydrogen (secondary N) is 2. The number of hydrogen-bond acceptors (Lipinski definition) is 3. The zero-order chi connectivity index (χ0) is 13.8. The molecule has 1 aromatic carbocycles. The number of piperazine rings is 1. The molecule has 0 aliphatic carbocycles. The summed E-state index contributed by atoms with van der Waals surface area (Å²) in [7, 11) is 0. The molecule has 0 saturated carbocycles. The number of rotatable bonds is 3. The maximum atomic E-state index is 13.0. The molecule has 0 unspecified atom stereocenters. The predicted molar refractivity (Wildman–Crippen MR) is 76.1 cm³/mol. The van der Waals surface area contributed by atoms with Gasteiger partial charge in [0.25, 0.3) is 0 Å². The molecule has 0 radical (unpaired) electrons. The first-order chi connectivity index (χ1) is 9.04. The van der Waals surface area contributed by atoms with E-state index >= 15 is 0 Å². The van der Waals surface area contributed by atoms with Gasteiger partial charge in [0, 0.05) is 37.4 Å². The van der Waals surface area contributed by atoms with Crippen molar-refractivity contribution in [3.8, 4) is 0 Å². The van der Waals surface area contributed by atoms with Crippen LogP contribution in [0.25, 0.3) is 0 Å². The highest BCUT2D eigenvalue weighted by Gasteiger charge is 2.20. The van der Waals surface area contributed by atoms with E-state index in [9.17, 15) is 13.6 Å². The average Bonchev–Trinajstić information content (AvgIpc) is 2.30. The molecule has 112 valence electrons. The van der Waals surface area contributed by atoms with Crippen LogP contribution >= 0.6 is 12.4 Å². The van der Waals surface area contributed by atoms with Gasteiger partial charge in [-0.05, 0) is 19.1 Å². The Balaban J connectivity index is 0.00000200. The molecule has 2 rings (SSSR count). The van der Waals surface area contributed by atoms with Gasteiger partial charge >= 0.3 is 0 Å². The molecule has 1 aliphatic heterocycles. The van der Waals surface area contributed by atoms with Gasteiger partial charge in [0.2, 0.25) is 5.91 Å². The first-order valence-electron chi connectivity index (χ1n) is 6.25. The van der Waals surface area contributed by atoms with Gasteiger partial charge in [-0.2, -0.15) is 0 Å². The first-order valence-corrected chi connectivity index (χ1v) is 6.25. The van der Waals surface area contributed by atoms with E-state index in [4.69, 9.17) is 0 Å². The number of halogens is 3. The Morgan fingerprint density at radius 3 is 2.65 bits per heavy atom. The number of nitrogens with zero attached hydrogens (tertiary/aromatic N) is 1. The van der Waals surface area contributed by atoms with Crippen molar-refractivity contribution in [2.24, 2.45) is 0 Å². The fraction of sp³-hybridized carbons (Fsp3) is 0.462. The van der Waals surface area contributed by atoms with E-state index in [0.717, 1.165) is 37.8 Å². The van der Waals surface area contributed by atoms with Crippen LogP contribution in [-0.2, 0) is 4.79 Å². The number of benzene rings is 1. The second kappa shape index (κ2) is 7.52. The Morgan fingerprint density at radius 2 is 2.05 bits per heavy atom. The lowest BCUT2D eigenvalue weighted by Gasteiger charge is -2.33. The standard InChI is InChI=1S/C13H17F2N3O.ClH/c1-9-7-16-2-3-18(9)8-13(19)17-12-5-10(14)4-11(15)6-12;/h4-6,9,16H,2-3,7-8H2,1H3,(H,17,19);1H/t9-;/m0./s1. The SMILES string of the molecule is C[C@H]1CNCCN1CC(=O)Nc1cc(F)cc(F)c1.Cl. The normalized spacial score (nSPS) is 19.2. The van der Waals surface area contributed by atoms with Crippen molar-refractivity contribution >= 4 is 24.0 Å². The van der Waals surface area contributed by atoms with Crippen molar-refractivity contribution in [1.29, 1.82) is 0 Å². The van der Waals surface area contributed by atoms with E-state index in [1.54, 1.807) is 0 Å². The summed E-state index contributed by atoms with van der Waals surface area (Å²) >= 11 is 0. The Labute approximate surface area is 122 Å². The molecular weight excluding hydrogens is 288 g/mol. The fourth-order valence-corrected chi connectivity index (χ4v) is 2.13. The molecule has 1 atom stereocenters. The molecule has 1 aromatic rings. The third kappa shape index (κ3) is 4.70. The molecule has 1 aliphatic rings. The van der Waals surface area contributed by atoms with Gasteiger partial charge in [-0.25, -0.2) is 8.78 Å². The van der Waals surface area contributed by atoms with Gasteiger partial charge in [-0.15, -0.1) is 12.4 Å². The lowest BCUT2D eigenvalue weighted by atomic mass is 10.2. The minimum atomic E-state index is -0.703. The van der Waals surface area contributed by atoms with E-state index in [2.05, 4.69) is 10.6 Å². The maximum absolute atomic E-state index is 13.0. The molecule has 0 aromatic heterocycles. The topological polar surface area (TPSA) is 44.4 Å². The minimum absolute atomic E-state index is 0. The van der Waals surface area contributed by atoms with Gasteiger partial charge in [0.1, 0.15) is 11.6 Å². The summed E-state index contributed by atoms with van der Waals surface area (Å²) in [6.07, 6.45) is 0. The van der Waals surface area contributed by atoms with E-state index < -0.39 is 11.6 Å². The number of carbonyl (C=O) groups excluding carboxylic acids is 1. The van der Waals surface area contributed by atoms with Crippen LogP contribution in [0.15, 0.2) is 18.2 Å². The quantitative estimate of drug-likeness (QED) is 0.892. The Hall–Kier alpha value is -1.24. The highest BCUT2D eigenvalue weighted by molar-refractivity contribution is 5.92. The van der Waals surface area contributed by atoms with Crippen LogP contribution in [-0.4, -0.2) is 43.0 Å². The van der Waals surface area contributed by atoms with Crippen molar-refractivity contribution in [1.82, 2.24) is 10.2 Å². The number of carbonyl (C=O) groups is 1. The molecule has 4 nitrogen and oxygen atoms in total. The zero-order valence-electron chi connectivity index (χ0n) is 11.2. The average molecular weight is 306 g/mol. The molecule has 0 bridgehead atoms. The van der Waals surface area contributed by atoms with E-state index in [0.29, 0.717) is 0 Å². The second-order valence-corrected chi connectivity index (χ2v) is 4.73. The van der Waals surface area contributed by atoms with Crippen LogP contribution < -0.4 is 10.6 Å². The fourth-order valence-electron chi connectivity index (χ4n) is 2.13. The van der Waals surface area contributed by atoms with Crippen molar-refractivity contribution < 1.29 is 13.6 Å². The van der Waals surface area contributed by atoms with Gasteiger partial charge in [-0.1, -0.05) is 0 Å². The Kier molecular flexibility index (Phi) is 6.32. The Bertz CT molecular complexity index is 453. The molecule has 1 fully saturated rings. The molecule has 1 saturated heterocycles. The van der Waals surface area contributed by atoms with E-state index in [-0.39, 0.29) is 36.6 Å². The smallest absolute Gasteiger partial charge is 0.238 e. The number of amides is 1. The largest absolute Gasteiger partial charge is 0.325 e. The van der Waals surface area contributed by atoms with Crippen LogP contribution in [0.4, 0.5) is 14.5 Å². The van der Waals surface area contributed by atoms with Gasteiger partial charge in [-0.3, -0.25) is 9.69 Å². The highest BCUT2D eigenvalue weighted by Crippen LogP contribution is 2.13. The summed E-state index contributed by atoms with van der Waals surface area (Å²) in [6, 6.07) is 3.24. The summed E-state index contributed by atoms with van der Waals surface area (Å²) in [6.45, 7) is 4.71. The minimum Gasteiger partial charge on any atom is -0.325 e. The van der Waals surface area contributed by atoms with Crippen molar-refractivity contribution in [2.75, 3.05) is 31.5 Å². The second-order valence-electron chi connectivity index (χ2n) is 4.73. The number of anilines is 1. The van der Waals surface area contributed by atoms with Gasteiger partial charge in [0.15, 0.2) is 0 Å². The van der Waals surface area contributed by atoms with Gasteiger partial charge < -0.3 is 10.6 Å².